The summed E-state index contributed by atoms with van der Waals surface area (Å²) in [4.78, 5) is 12.2. The first-order chi connectivity index (χ1) is 12.8. The molecule has 1 fully saturated rings. The van der Waals surface area contributed by atoms with Gasteiger partial charge in [0, 0.05) is 37.2 Å². The van der Waals surface area contributed by atoms with Gasteiger partial charge in [-0.1, -0.05) is 29.8 Å². The number of nitrogens with one attached hydrogen (secondary N) is 1. The van der Waals surface area contributed by atoms with Crippen LogP contribution in [0.3, 0.4) is 0 Å². The predicted molar refractivity (Wildman–Crippen MR) is 107 cm³/mol. The number of halogens is 1. The number of piperidine rings is 1. The van der Waals surface area contributed by atoms with Gasteiger partial charge in [0.2, 0.25) is 15.9 Å². The summed E-state index contributed by atoms with van der Waals surface area (Å²) in [6.07, 6.45) is 2.04. The standard InChI is InChI=1S/C19H29ClN2O4S/c1-15(2)26-13-5-10-21-19(23)16-8-11-22(12-9-16)27(24,25)14-17-6-3-4-7-18(17)20/h3-4,6-7,15-16H,5,8-14H2,1-2H3,(H,21,23). The molecule has 1 saturated heterocycles. The number of rotatable bonds is 9. The normalized spacial score (nSPS) is 16.6. The van der Waals surface area contributed by atoms with E-state index in [2.05, 4.69) is 5.32 Å². The third-order valence-corrected chi connectivity index (χ3v) is 6.78. The number of amides is 1. The SMILES string of the molecule is CC(C)OCCCNC(=O)C1CCN(S(=O)(=O)Cc2ccccc2Cl)CC1. The van der Waals surface area contributed by atoms with E-state index >= 15 is 0 Å². The average molecular weight is 417 g/mol. The minimum atomic E-state index is -3.44. The Hall–Kier alpha value is -1.15. The van der Waals surface area contributed by atoms with Crippen LogP contribution in [0.1, 0.15) is 38.7 Å². The molecule has 1 amide bonds. The van der Waals surface area contributed by atoms with Crippen molar-refractivity contribution < 1.29 is 17.9 Å². The average Bonchev–Trinajstić information content (AvgIpc) is 2.63. The highest BCUT2D eigenvalue weighted by Crippen LogP contribution is 2.24. The fraction of sp³-hybridized carbons (Fsp3) is 0.632. The van der Waals surface area contributed by atoms with Crippen LogP contribution in [0.25, 0.3) is 0 Å². The number of carbonyl (C=O) groups is 1. The molecule has 27 heavy (non-hydrogen) atoms. The molecule has 1 heterocycles. The Labute approximate surface area is 167 Å². The molecule has 0 saturated carbocycles. The number of sulfonamides is 1. The monoisotopic (exact) mass is 416 g/mol. The van der Waals surface area contributed by atoms with E-state index in [-0.39, 0.29) is 23.7 Å². The van der Waals surface area contributed by atoms with E-state index in [1.165, 1.54) is 4.31 Å². The van der Waals surface area contributed by atoms with Gasteiger partial charge >= 0.3 is 0 Å². The van der Waals surface area contributed by atoms with Gasteiger partial charge in [0.25, 0.3) is 0 Å². The topological polar surface area (TPSA) is 75.7 Å². The molecule has 0 aromatic heterocycles. The van der Waals surface area contributed by atoms with E-state index in [1.54, 1.807) is 24.3 Å². The van der Waals surface area contributed by atoms with E-state index in [4.69, 9.17) is 16.3 Å². The maximum atomic E-state index is 12.6. The van der Waals surface area contributed by atoms with Gasteiger partial charge in [0.05, 0.1) is 11.9 Å². The molecule has 1 aromatic carbocycles. The lowest BCUT2D eigenvalue weighted by Gasteiger charge is -2.30. The lowest BCUT2D eigenvalue weighted by atomic mass is 9.97. The van der Waals surface area contributed by atoms with Crippen LogP contribution in [-0.2, 0) is 25.3 Å². The third kappa shape index (κ3) is 7.07. The van der Waals surface area contributed by atoms with Gasteiger partial charge in [0.15, 0.2) is 0 Å². The first-order valence-corrected chi connectivity index (χ1v) is 11.4. The second kappa shape index (κ2) is 10.4. The van der Waals surface area contributed by atoms with Gasteiger partial charge in [-0.25, -0.2) is 12.7 Å². The van der Waals surface area contributed by atoms with Crippen LogP contribution >= 0.6 is 11.6 Å². The summed E-state index contributed by atoms with van der Waals surface area (Å²) in [7, 11) is -3.44. The third-order valence-electron chi connectivity index (χ3n) is 4.59. The van der Waals surface area contributed by atoms with Gasteiger partial charge in [-0.15, -0.1) is 0 Å². The van der Waals surface area contributed by atoms with Crippen molar-refractivity contribution in [3.8, 4) is 0 Å². The number of benzene rings is 1. The molecule has 1 aliphatic rings. The molecular formula is C19H29ClN2O4S. The summed E-state index contributed by atoms with van der Waals surface area (Å²) >= 11 is 6.08. The summed E-state index contributed by atoms with van der Waals surface area (Å²) in [5, 5.41) is 3.38. The summed E-state index contributed by atoms with van der Waals surface area (Å²) < 4.78 is 32.2. The highest BCUT2D eigenvalue weighted by Gasteiger charge is 2.31. The van der Waals surface area contributed by atoms with Crippen molar-refractivity contribution in [2.45, 2.75) is 45.0 Å². The van der Waals surface area contributed by atoms with E-state index < -0.39 is 10.0 Å². The molecule has 8 heteroatoms. The lowest BCUT2D eigenvalue weighted by molar-refractivity contribution is -0.126. The van der Waals surface area contributed by atoms with E-state index in [1.807, 2.05) is 13.8 Å². The van der Waals surface area contributed by atoms with Crippen molar-refractivity contribution in [2.75, 3.05) is 26.2 Å². The molecule has 0 unspecified atom stereocenters. The zero-order valence-corrected chi connectivity index (χ0v) is 17.6. The number of carbonyl (C=O) groups excluding carboxylic acids is 1. The summed E-state index contributed by atoms with van der Waals surface area (Å²) in [6.45, 7) is 5.88. The molecule has 1 aromatic rings. The van der Waals surface area contributed by atoms with Crippen LogP contribution in [0.5, 0.6) is 0 Å². The largest absolute Gasteiger partial charge is 0.379 e. The van der Waals surface area contributed by atoms with E-state index in [0.29, 0.717) is 49.7 Å². The van der Waals surface area contributed by atoms with Crippen LogP contribution in [0, 0.1) is 5.92 Å². The Kier molecular flexibility index (Phi) is 8.54. The van der Waals surface area contributed by atoms with Crippen molar-refractivity contribution >= 4 is 27.5 Å². The van der Waals surface area contributed by atoms with Crippen molar-refractivity contribution in [1.82, 2.24) is 9.62 Å². The van der Waals surface area contributed by atoms with Crippen LogP contribution in [0.2, 0.25) is 5.02 Å². The zero-order valence-electron chi connectivity index (χ0n) is 16.0. The molecule has 152 valence electrons. The molecule has 0 spiro atoms. The van der Waals surface area contributed by atoms with Crippen LogP contribution < -0.4 is 5.32 Å². The summed E-state index contributed by atoms with van der Waals surface area (Å²) in [5.41, 5.74) is 0.600. The van der Waals surface area contributed by atoms with E-state index in [9.17, 15) is 13.2 Å². The first kappa shape index (κ1) is 22.1. The van der Waals surface area contributed by atoms with Gasteiger partial charge < -0.3 is 10.1 Å². The molecule has 0 atom stereocenters. The Morgan fingerprint density at radius 1 is 1.30 bits per heavy atom. The molecule has 2 rings (SSSR count). The van der Waals surface area contributed by atoms with Crippen molar-refractivity contribution in [3.63, 3.8) is 0 Å². The van der Waals surface area contributed by atoms with Crippen molar-refractivity contribution in [1.29, 1.82) is 0 Å². The van der Waals surface area contributed by atoms with Gasteiger partial charge in [0.1, 0.15) is 0 Å². The molecule has 1 aliphatic heterocycles. The van der Waals surface area contributed by atoms with Crippen LogP contribution in [0.15, 0.2) is 24.3 Å². The highest BCUT2D eigenvalue weighted by molar-refractivity contribution is 7.88. The van der Waals surface area contributed by atoms with Gasteiger partial charge in [-0.2, -0.15) is 0 Å². The molecular weight excluding hydrogens is 388 g/mol. The molecule has 0 radical (unpaired) electrons. The summed E-state index contributed by atoms with van der Waals surface area (Å²) in [5.74, 6) is -0.246. The molecule has 0 bridgehead atoms. The predicted octanol–water partition coefficient (Wildman–Crippen LogP) is 2.81. The maximum absolute atomic E-state index is 12.6. The Bertz CT molecular complexity index is 716. The number of hydrogen-bond donors (Lipinski definition) is 1. The second-order valence-electron chi connectivity index (χ2n) is 7.09. The Morgan fingerprint density at radius 3 is 2.59 bits per heavy atom. The minimum Gasteiger partial charge on any atom is -0.379 e. The fourth-order valence-corrected chi connectivity index (χ4v) is 4.92. The lowest BCUT2D eigenvalue weighted by Crippen LogP contribution is -2.43. The van der Waals surface area contributed by atoms with E-state index in [0.717, 1.165) is 6.42 Å². The highest BCUT2D eigenvalue weighted by atomic mass is 35.5. The summed E-state index contributed by atoms with van der Waals surface area (Å²) in [6, 6.07) is 6.97. The first-order valence-electron chi connectivity index (χ1n) is 9.40. The Balaban J connectivity index is 1.77. The Morgan fingerprint density at radius 2 is 1.96 bits per heavy atom. The smallest absolute Gasteiger partial charge is 0.223 e. The van der Waals surface area contributed by atoms with Crippen molar-refractivity contribution in [2.24, 2.45) is 5.92 Å². The quantitative estimate of drug-likeness (QED) is 0.628. The number of nitrogens with zero attached hydrogens (tertiary/aromatic N) is 1. The number of hydrogen-bond acceptors (Lipinski definition) is 4. The fourth-order valence-electron chi connectivity index (χ4n) is 3.05. The van der Waals surface area contributed by atoms with Gasteiger partial charge in [-0.3, -0.25) is 4.79 Å². The van der Waals surface area contributed by atoms with Crippen LogP contribution in [-0.4, -0.2) is 51.0 Å². The number of ether oxygens (including phenoxy) is 1. The zero-order chi connectivity index (χ0) is 19.9. The second-order valence-corrected chi connectivity index (χ2v) is 9.46. The molecule has 6 nitrogen and oxygen atoms in total. The van der Waals surface area contributed by atoms with Gasteiger partial charge in [-0.05, 0) is 44.7 Å². The van der Waals surface area contributed by atoms with Crippen LogP contribution in [0.4, 0.5) is 0 Å². The molecule has 1 N–H and O–H groups in total. The molecule has 0 aliphatic carbocycles. The van der Waals surface area contributed by atoms with Crippen molar-refractivity contribution in [3.05, 3.63) is 34.9 Å². The minimum absolute atomic E-state index is 0.00250. The maximum Gasteiger partial charge on any atom is 0.223 e.